The second kappa shape index (κ2) is 4.78. The lowest BCUT2D eigenvalue weighted by Gasteiger charge is -2.25. The summed E-state index contributed by atoms with van der Waals surface area (Å²) in [7, 11) is 1.62. The van der Waals surface area contributed by atoms with Gasteiger partial charge in [-0.15, -0.1) is 0 Å². The lowest BCUT2D eigenvalue weighted by Crippen LogP contribution is -2.37. The molecule has 4 nitrogen and oxygen atoms in total. The van der Waals surface area contributed by atoms with Crippen LogP contribution >= 0.6 is 15.9 Å². The lowest BCUT2D eigenvalue weighted by molar-refractivity contribution is 0.223. The van der Waals surface area contributed by atoms with E-state index in [4.69, 9.17) is 4.74 Å². The van der Waals surface area contributed by atoms with Crippen LogP contribution in [0.15, 0.2) is 21.7 Å². The van der Waals surface area contributed by atoms with Gasteiger partial charge in [0.1, 0.15) is 10.4 Å². The molecular formula is C10H11BrFN3O. The summed E-state index contributed by atoms with van der Waals surface area (Å²) in [5.41, 5.74) is 0.388. The molecule has 2 heterocycles. The van der Waals surface area contributed by atoms with Crippen LogP contribution in [-0.2, 0) is 4.74 Å². The van der Waals surface area contributed by atoms with Gasteiger partial charge in [-0.2, -0.15) is 0 Å². The third-order valence-corrected chi connectivity index (χ3v) is 2.76. The Balaban J connectivity index is 2.26. The highest BCUT2D eigenvalue weighted by molar-refractivity contribution is 9.10. The van der Waals surface area contributed by atoms with E-state index in [1.54, 1.807) is 13.1 Å². The van der Waals surface area contributed by atoms with Crippen LogP contribution in [0.2, 0.25) is 0 Å². The summed E-state index contributed by atoms with van der Waals surface area (Å²) in [5.74, 6) is -0.321. The third kappa shape index (κ3) is 2.32. The van der Waals surface area contributed by atoms with Crippen LogP contribution in [0.1, 0.15) is 18.2 Å². The molecule has 1 aliphatic heterocycles. The number of halogens is 2. The summed E-state index contributed by atoms with van der Waals surface area (Å²) in [6.45, 7) is 0.512. The number of pyridine rings is 1. The predicted octanol–water partition coefficient (Wildman–Crippen LogP) is 2.02. The Morgan fingerprint density at radius 2 is 2.44 bits per heavy atom. The molecule has 2 rings (SSSR count). The zero-order valence-electron chi connectivity index (χ0n) is 8.70. The van der Waals surface area contributed by atoms with Gasteiger partial charge in [-0.1, -0.05) is 0 Å². The molecule has 6 heteroatoms. The Bertz CT molecular complexity index is 425. The van der Waals surface area contributed by atoms with E-state index in [0.29, 0.717) is 29.3 Å². The maximum Gasteiger partial charge on any atom is 0.284 e. The Hall–Kier alpha value is -1.17. The highest BCUT2D eigenvalue weighted by Crippen LogP contribution is 2.22. The standard InChI is InChI=1S/C10H11BrFN3O/c1-13-10-14-7(4-5-16-10)9-6(12)2-3-8(11)15-9/h2-3,7H,4-5H2,1H3,(H,13,14). The molecule has 1 fully saturated rings. The smallest absolute Gasteiger partial charge is 0.284 e. The van der Waals surface area contributed by atoms with Gasteiger partial charge >= 0.3 is 0 Å². The van der Waals surface area contributed by atoms with E-state index in [0.717, 1.165) is 0 Å². The Labute approximate surface area is 101 Å². The van der Waals surface area contributed by atoms with Crippen molar-refractivity contribution in [1.82, 2.24) is 10.3 Å². The molecule has 1 aliphatic rings. The number of hydrogen-bond donors (Lipinski definition) is 1. The number of amidine groups is 1. The minimum Gasteiger partial charge on any atom is -0.465 e. The Morgan fingerprint density at radius 3 is 3.19 bits per heavy atom. The van der Waals surface area contributed by atoms with E-state index < -0.39 is 0 Å². The second-order valence-electron chi connectivity index (χ2n) is 3.36. The van der Waals surface area contributed by atoms with Crippen LogP contribution in [0.5, 0.6) is 0 Å². The fourth-order valence-electron chi connectivity index (χ4n) is 1.55. The molecule has 0 aliphatic carbocycles. The number of nitrogens with zero attached hydrogens (tertiary/aromatic N) is 2. The number of aliphatic imine (C=N–C) groups is 1. The van der Waals surface area contributed by atoms with E-state index >= 15 is 0 Å². The van der Waals surface area contributed by atoms with E-state index in [2.05, 4.69) is 31.2 Å². The number of nitrogens with one attached hydrogen (secondary N) is 1. The normalized spacial score (nSPS) is 22.7. The van der Waals surface area contributed by atoms with Gasteiger partial charge < -0.3 is 10.1 Å². The second-order valence-corrected chi connectivity index (χ2v) is 4.18. The summed E-state index contributed by atoms with van der Waals surface area (Å²) in [5, 5.41) is 2.99. The van der Waals surface area contributed by atoms with Crippen molar-refractivity contribution in [1.29, 1.82) is 0 Å². The molecule has 0 saturated carbocycles. The molecule has 0 aromatic carbocycles. The predicted molar refractivity (Wildman–Crippen MR) is 61.7 cm³/mol. The first kappa shape index (κ1) is 11.3. The van der Waals surface area contributed by atoms with E-state index in [1.165, 1.54) is 6.07 Å². The minimum atomic E-state index is -0.321. The van der Waals surface area contributed by atoms with Gasteiger partial charge in [0.2, 0.25) is 0 Å². The van der Waals surface area contributed by atoms with Crippen molar-refractivity contribution in [3.05, 3.63) is 28.2 Å². The molecule has 1 aromatic rings. The van der Waals surface area contributed by atoms with Gasteiger partial charge in [-0.25, -0.2) is 14.4 Å². The minimum absolute atomic E-state index is 0.190. The molecule has 16 heavy (non-hydrogen) atoms. The van der Waals surface area contributed by atoms with Crippen LogP contribution in [0, 0.1) is 5.82 Å². The van der Waals surface area contributed by atoms with Crippen molar-refractivity contribution in [2.24, 2.45) is 4.99 Å². The molecular weight excluding hydrogens is 277 g/mol. The first-order chi connectivity index (χ1) is 7.70. The molecule has 0 bridgehead atoms. The molecule has 1 saturated heterocycles. The van der Waals surface area contributed by atoms with Crippen molar-refractivity contribution in [2.75, 3.05) is 13.7 Å². The van der Waals surface area contributed by atoms with Gasteiger partial charge in [0.15, 0.2) is 0 Å². The summed E-state index contributed by atoms with van der Waals surface area (Å²) in [4.78, 5) is 8.03. The number of ether oxygens (including phenoxy) is 1. The van der Waals surface area contributed by atoms with Crippen LogP contribution in [0.25, 0.3) is 0 Å². The van der Waals surface area contributed by atoms with E-state index in [1.807, 2.05) is 0 Å². The maximum atomic E-state index is 13.6. The van der Waals surface area contributed by atoms with Crippen LogP contribution in [-0.4, -0.2) is 24.7 Å². The van der Waals surface area contributed by atoms with Gasteiger partial charge in [0.25, 0.3) is 6.02 Å². The molecule has 0 spiro atoms. The van der Waals surface area contributed by atoms with Crippen molar-refractivity contribution in [2.45, 2.75) is 12.5 Å². The van der Waals surface area contributed by atoms with Gasteiger partial charge in [0.05, 0.1) is 18.3 Å². The molecule has 0 amide bonds. The topological polar surface area (TPSA) is 46.5 Å². The summed E-state index contributed by atoms with van der Waals surface area (Å²) in [6.07, 6.45) is 0.666. The highest BCUT2D eigenvalue weighted by atomic mass is 79.9. The zero-order chi connectivity index (χ0) is 11.5. The van der Waals surface area contributed by atoms with Crippen LogP contribution < -0.4 is 5.32 Å². The molecule has 86 valence electrons. The maximum absolute atomic E-state index is 13.6. The van der Waals surface area contributed by atoms with Gasteiger partial charge in [-0.05, 0) is 28.1 Å². The molecule has 0 radical (unpaired) electrons. The van der Waals surface area contributed by atoms with Crippen LogP contribution in [0.3, 0.4) is 0 Å². The van der Waals surface area contributed by atoms with E-state index in [9.17, 15) is 4.39 Å². The number of aromatic nitrogens is 1. The largest absolute Gasteiger partial charge is 0.465 e. The summed E-state index contributed by atoms with van der Waals surface area (Å²) in [6, 6.07) is 3.21. The van der Waals surface area contributed by atoms with Crippen molar-refractivity contribution in [3.63, 3.8) is 0 Å². The monoisotopic (exact) mass is 287 g/mol. The average molecular weight is 288 g/mol. The van der Waals surface area contributed by atoms with Crippen LogP contribution in [0.4, 0.5) is 4.39 Å². The molecule has 1 N–H and O–H groups in total. The van der Waals surface area contributed by atoms with Crippen molar-refractivity contribution in [3.8, 4) is 0 Å². The first-order valence-corrected chi connectivity index (χ1v) is 5.68. The Morgan fingerprint density at radius 1 is 1.62 bits per heavy atom. The summed E-state index contributed by atoms with van der Waals surface area (Å²) < 4.78 is 19.4. The molecule has 1 aromatic heterocycles. The van der Waals surface area contributed by atoms with Crippen molar-refractivity contribution < 1.29 is 9.13 Å². The average Bonchev–Trinajstić information content (AvgIpc) is 2.32. The quantitative estimate of drug-likeness (QED) is 0.804. The molecule has 1 unspecified atom stereocenters. The molecule has 1 atom stereocenters. The SMILES string of the molecule is CN=C1NC(c2nc(Br)ccc2F)CCO1. The van der Waals surface area contributed by atoms with Crippen molar-refractivity contribution >= 4 is 22.0 Å². The van der Waals surface area contributed by atoms with Gasteiger partial charge in [0, 0.05) is 13.5 Å². The fourth-order valence-corrected chi connectivity index (χ4v) is 1.87. The Kier molecular flexibility index (Phi) is 3.38. The third-order valence-electron chi connectivity index (χ3n) is 2.32. The zero-order valence-corrected chi connectivity index (χ0v) is 10.3. The fraction of sp³-hybridized carbons (Fsp3) is 0.400. The number of rotatable bonds is 1. The number of hydrogen-bond acceptors (Lipinski definition) is 3. The highest BCUT2D eigenvalue weighted by Gasteiger charge is 2.23. The lowest BCUT2D eigenvalue weighted by atomic mass is 10.1. The summed E-state index contributed by atoms with van der Waals surface area (Å²) >= 11 is 3.23. The van der Waals surface area contributed by atoms with E-state index in [-0.39, 0.29) is 11.9 Å². The van der Waals surface area contributed by atoms with Gasteiger partial charge in [-0.3, -0.25) is 0 Å². The first-order valence-electron chi connectivity index (χ1n) is 4.89.